The Hall–Kier alpha value is -0.610. The van der Waals surface area contributed by atoms with Crippen LogP contribution in [0.25, 0.3) is 0 Å². The molecule has 0 aromatic heterocycles. The summed E-state index contributed by atoms with van der Waals surface area (Å²) in [6.45, 7) is 2.21. The van der Waals surface area contributed by atoms with E-state index in [9.17, 15) is 4.79 Å². The standard InChI is InChI=1S/C10H20O3.H3N/c1-2-3-4-5-6-7-10(12)13-9-8-11;/h11H,2-9H2,1H3;1H3. The molecule has 0 spiro atoms. The Balaban J connectivity index is 0. The summed E-state index contributed by atoms with van der Waals surface area (Å²) < 4.78 is 4.71. The van der Waals surface area contributed by atoms with Gasteiger partial charge in [0.1, 0.15) is 6.61 Å². The molecule has 0 atom stereocenters. The predicted octanol–water partition coefficient (Wildman–Crippen LogP) is 2.04. The van der Waals surface area contributed by atoms with Gasteiger partial charge < -0.3 is 16.0 Å². The van der Waals surface area contributed by atoms with Gasteiger partial charge in [-0.3, -0.25) is 4.79 Å². The van der Waals surface area contributed by atoms with Crippen molar-refractivity contribution >= 4 is 5.97 Å². The lowest BCUT2D eigenvalue weighted by atomic mass is 10.1. The summed E-state index contributed by atoms with van der Waals surface area (Å²) in [6, 6.07) is 0. The molecule has 0 amide bonds. The molecule has 4 heteroatoms. The highest BCUT2D eigenvalue weighted by Gasteiger charge is 2.00. The normalized spacial score (nSPS) is 9.29. The maximum atomic E-state index is 10.9. The van der Waals surface area contributed by atoms with Crippen molar-refractivity contribution in [2.75, 3.05) is 13.2 Å². The van der Waals surface area contributed by atoms with E-state index in [1.165, 1.54) is 19.3 Å². The van der Waals surface area contributed by atoms with Gasteiger partial charge in [0.15, 0.2) is 0 Å². The average molecular weight is 205 g/mol. The van der Waals surface area contributed by atoms with Crippen molar-refractivity contribution < 1.29 is 14.6 Å². The second kappa shape index (κ2) is 12.4. The third-order valence-electron chi connectivity index (χ3n) is 1.84. The number of esters is 1. The van der Waals surface area contributed by atoms with Crippen LogP contribution in [0.5, 0.6) is 0 Å². The SMILES string of the molecule is CCCCCCCC(=O)OCCO.N. The first-order valence-corrected chi connectivity index (χ1v) is 5.07. The zero-order chi connectivity index (χ0) is 9.94. The highest BCUT2D eigenvalue weighted by molar-refractivity contribution is 5.69. The zero-order valence-electron chi connectivity index (χ0n) is 9.13. The highest BCUT2D eigenvalue weighted by Crippen LogP contribution is 2.05. The third-order valence-corrected chi connectivity index (χ3v) is 1.84. The largest absolute Gasteiger partial charge is 0.463 e. The summed E-state index contributed by atoms with van der Waals surface area (Å²) in [6.07, 6.45) is 6.15. The summed E-state index contributed by atoms with van der Waals surface area (Å²) in [5.74, 6) is -0.189. The van der Waals surface area contributed by atoms with Crippen LogP contribution in [0.2, 0.25) is 0 Å². The molecule has 0 heterocycles. The molecule has 0 aliphatic rings. The average Bonchev–Trinajstić information content (AvgIpc) is 2.14. The lowest BCUT2D eigenvalue weighted by molar-refractivity contribution is -0.144. The monoisotopic (exact) mass is 205 g/mol. The number of aliphatic hydroxyl groups is 1. The molecule has 0 unspecified atom stereocenters. The zero-order valence-corrected chi connectivity index (χ0v) is 9.13. The fourth-order valence-corrected chi connectivity index (χ4v) is 1.10. The van der Waals surface area contributed by atoms with Crippen LogP contribution in [0.3, 0.4) is 0 Å². The topological polar surface area (TPSA) is 81.5 Å². The van der Waals surface area contributed by atoms with Crippen molar-refractivity contribution in [3.63, 3.8) is 0 Å². The third kappa shape index (κ3) is 11.4. The number of unbranched alkanes of at least 4 members (excludes halogenated alkanes) is 4. The van der Waals surface area contributed by atoms with E-state index >= 15 is 0 Å². The van der Waals surface area contributed by atoms with E-state index in [-0.39, 0.29) is 25.3 Å². The molecule has 4 N–H and O–H groups in total. The first kappa shape index (κ1) is 15.8. The van der Waals surface area contributed by atoms with Gasteiger partial charge in [-0.05, 0) is 6.42 Å². The number of carbonyl (C=O) groups excluding carboxylic acids is 1. The molecule has 0 rings (SSSR count). The van der Waals surface area contributed by atoms with Crippen molar-refractivity contribution in [3.05, 3.63) is 0 Å². The first-order chi connectivity index (χ1) is 6.31. The van der Waals surface area contributed by atoms with Gasteiger partial charge in [-0.2, -0.15) is 0 Å². The Kier molecular flexibility index (Phi) is 14.0. The molecule has 0 bridgehead atoms. The summed E-state index contributed by atoms with van der Waals surface area (Å²) in [5, 5.41) is 8.38. The molecular weight excluding hydrogens is 182 g/mol. The molecule has 14 heavy (non-hydrogen) atoms. The Morgan fingerprint density at radius 2 is 1.86 bits per heavy atom. The van der Waals surface area contributed by atoms with Gasteiger partial charge in [-0.1, -0.05) is 32.6 Å². The Morgan fingerprint density at radius 1 is 1.21 bits per heavy atom. The molecule has 4 nitrogen and oxygen atoms in total. The van der Waals surface area contributed by atoms with Gasteiger partial charge in [0.25, 0.3) is 0 Å². The van der Waals surface area contributed by atoms with Gasteiger partial charge in [0, 0.05) is 6.42 Å². The van der Waals surface area contributed by atoms with E-state index in [2.05, 4.69) is 6.92 Å². The van der Waals surface area contributed by atoms with E-state index in [1.807, 2.05) is 0 Å². The molecular formula is C10H23NO3. The molecule has 0 saturated heterocycles. The minimum atomic E-state index is -0.189. The summed E-state index contributed by atoms with van der Waals surface area (Å²) in [7, 11) is 0. The number of hydrogen-bond donors (Lipinski definition) is 2. The van der Waals surface area contributed by atoms with Crippen LogP contribution in [0.4, 0.5) is 0 Å². The van der Waals surface area contributed by atoms with Crippen LogP contribution in [0.15, 0.2) is 0 Å². The van der Waals surface area contributed by atoms with Crippen LogP contribution >= 0.6 is 0 Å². The van der Waals surface area contributed by atoms with Crippen molar-refractivity contribution in [1.82, 2.24) is 6.15 Å². The number of aliphatic hydroxyl groups excluding tert-OH is 1. The summed E-state index contributed by atoms with van der Waals surface area (Å²) >= 11 is 0. The van der Waals surface area contributed by atoms with Crippen molar-refractivity contribution in [1.29, 1.82) is 0 Å². The summed E-state index contributed by atoms with van der Waals surface area (Å²) in [4.78, 5) is 10.9. The smallest absolute Gasteiger partial charge is 0.305 e. The van der Waals surface area contributed by atoms with E-state index in [0.717, 1.165) is 12.8 Å². The van der Waals surface area contributed by atoms with Gasteiger partial charge in [0.2, 0.25) is 0 Å². The molecule has 0 radical (unpaired) electrons. The molecule has 86 valence electrons. The number of rotatable bonds is 8. The molecule has 0 aliphatic carbocycles. The first-order valence-electron chi connectivity index (χ1n) is 5.07. The van der Waals surface area contributed by atoms with E-state index in [0.29, 0.717) is 6.42 Å². The number of carbonyl (C=O) groups is 1. The van der Waals surface area contributed by atoms with Crippen molar-refractivity contribution in [3.8, 4) is 0 Å². The maximum Gasteiger partial charge on any atom is 0.305 e. The van der Waals surface area contributed by atoms with E-state index in [4.69, 9.17) is 9.84 Å². The van der Waals surface area contributed by atoms with Crippen LogP contribution in [-0.2, 0) is 9.53 Å². The molecule has 0 saturated carbocycles. The second-order valence-corrected chi connectivity index (χ2v) is 3.11. The van der Waals surface area contributed by atoms with Gasteiger partial charge in [-0.25, -0.2) is 0 Å². The van der Waals surface area contributed by atoms with Crippen LogP contribution in [-0.4, -0.2) is 24.3 Å². The van der Waals surface area contributed by atoms with Gasteiger partial charge in [-0.15, -0.1) is 0 Å². The quantitative estimate of drug-likeness (QED) is 0.469. The van der Waals surface area contributed by atoms with Crippen LogP contribution in [0.1, 0.15) is 45.4 Å². The number of ether oxygens (including phenoxy) is 1. The fourth-order valence-electron chi connectivity index (χ4n) is 1.10. The molecule has 0 aliphatic heterocycles. The fraction of sp³-hybridized carbons (Fsp3) is 0.900. The van der Waals surface area contributed by atoms with E-state index in [1.54, 1.807) is 0 Å². The Morgan fingerprint density at radius 3 is 2.43 bits per heavy atom. The van der Waals surface area contributed by atoms with Crippen LogP contribution in [0, 0.1) is 0 Å². The van der Waals surface area contributed by atoms with Crippen molar-refractivity contribution in [2.24, 2.45) is 0 Å². The molecule has 0 aromatic carbocycles. The second-order valence-electron chi connectivity index (χ2n) is 3.11. The van der Waals surface area contributed by atoms with Crippen LogP contribution < -0.4 is 6.15 Å². The minimum Gasteiger partial charge on any atom is -0.463 e. The van der Waals surface area contributed by atoms with Gasteiger partial charge >= 0.3 is 5.97 Å². The Labute approximate surface area is 86.2 Å². The summed E-state index contributed by atoms with van der Waals surface area (Å²) in [5.41, 5.74) is 0. The predicted molar refractivity (Wildman–Crippen MR) is 56.4 cm³/mol. The van der Waals surface area contributed by atoms with E-state index < -0.39 is 0 Å². The maximum absolute atomic E-state index is 10.9. The van der Waals surface area contributed by atoms with Gasteiger partial charge in [0.05, 0.1) is 6.61 Å². The Bertz CT molecular complexity index is 129. The molecule has 0 aromatic rings. The lowest BCUT2D eigenvalue weighted by Crippen LogP contribution is -2.07. The molecule has 0 fully saturated rings. The van der Waals surface area contributed by atoms with Crippen molar-refractivity contribution in [2.45, 2.75) is 45.4 Å². The number of hydrogen-bond acceptors (Lipinski definition) is 4. The minimum absolute atomic E-state index is 0. The highest BCUT2D eigenvalue weighted by atomic mass is 16.5. The lowest BCUT2D eigenvalue weighted by Gasteiger charge is -2.02.